The maximum atomic E-state index is 12.8. The van der Waals surface area contributed by atoms with E-state index in [9.17, 15) is 14.4 Å². The minimum Gasteiger partial charge on any atom is -0.369 e. The second-order valence-corrected chi connectivity index (χ2v) is 6.66. The van der Waals surface area contributed by atoms with Crippen LogP contribution in [-0.4, -0.2) is 66.8 Å². The van der Waals surface area contributed by atoms with Gasteiger partial charge in [-0.15, -0.1) is 0 Å². The second kappa shape index (κ2) is 7.65. The van der Waals surface area contributed by atoms with Crippen molar-refractivity contribution in [3.8, 4) is 0 Å². The fourth-order valence-corrected chi connectivity index (χ4v) is 3.56. The molecule has 3 amide bonds. The minimum atomic E-state index is -0.348. The van der Waals surface area contributed by atoms with E-state index in [0.29, 0.717) is 26.2 Å². The van der Waals surface area contributed by atoms with Crippen molar-refractivity contribution in [2.24, 2.45) is 11.7 Å². The molecule has 0 bridgehead atoms. The first-order valence-electron chi connectivity index (χ1n) is 8.69. The number of anilines is 1. The minimum absolute atomic E-state index is 0.00488. The van der Waals surface area contributed by atoms with Crippen molar-refractivity contribution in [3.05, 3.63) is 30.3 Å². The first-order valence-corrected chi connectivity index (χ1v) is 8.69. The van der Waals surface area contributed by atoms with E-state index in [1.165, 1.54) is 0 Å². The fourth-order valence-electron chi connectivity index (χ4n) is 3.56. The molecule has 0 unspecified atom stereocenters. The van der Waals surface area contributed by atoms with Crippen molar-refractivity contribution in [1.29, 1.82) is 0 Å². The molecule has 2 N–H and O–H groups in total. The number of hydrogen-bond acceptors (Lipinski definition) is 4. The number of nitrogens with zero attached hydrogens (tertiary/aromatic N) is 3. The molecule has 1 aromatic carbocycles. The van der Waals surface area contributed by atoms with Gasteiger partial charge < -0.3 is 15.5 Å². The van der Waals surface area contributed by atoms with Crippen molar-refractivity contribution in [1.82, 2.24) is 9.80 Å². The molecule has 2 aliphatic rings. The van der Waals surface area contributed by atoms with Gasteiger partial charge >= 0.3 is 0 Å². The van der Waals surface area contributed by atoms with Gasteiger partial charge in [-0.2, -0.15) is 0 Å². The molecule has 3 rings (SSSR count). The van der Waals surface area contributed by atoms with Crippen LogP contribution in [0.4, 0.5) is 5.69 Å². The van der Waals surface area contributed by atoms with Gasteiger partial charge in [0.1, 0.15) is 0 Å². The highest BCUT2D eigenvalue weighted by molar-refractivity contribution is 6.00. The van der Waals surface area contributed by atoms with Gasteiger partial charge in [-0.3, -0.25) is 19.3 Å². The average Bonchev–Trinajstić information content (AvgIpc) is 2.83. The Kier molecular flexibility index (Phi) is 5.33. The smallest absolute Gasteiger partial charge is 0.231 e. The van der Waals surface area contributed by atoms with Crippen LogP contribution in [0.3, 0.4) is 0 Å². The van der Waals surface area contributed by atoms with Crippen LogP contribution in [0.1, 0.15) is 12.8 Å². The van der Waals surface area contributed by atoms with Crippen molar-refractivity contribution < 1.29 is 14.4 Å². The summed E-state index contributed by atoms with van der Waals surface area (Å²) in [5, 5.41) is 0. The summed E-state index contributed by atoms with van der Waals surface area (Å²) in [6.45, 7) is 3.28. The maximum Gasteiger partial charge on any atom is 0.231 e. The average molecular weight is 344 g/mol. The third-order valence-electron chi connectivity index (χ3n) is 4.82. The fraction of sp³-hybridized carbons (Fsp3) is 0.500. The summed E-state index contributed by atoms with van der Waals surface area (Å²) < 4.78 is 0. The molecule has 0 aromatic heterocycles. The summed E-state index contributed by atoms with van der Waals surface area (Å²) in [6.07, 6.45) is 1.07. The summed E-state index contributed by atoms with van der Waals surface area (Å²) >= 11 is 0. The van der Waals surface area contributed by atoms with Gasteiger partial charge in [-0.05, 0) is 18.6 Å². The molecular formula is C18H24N4O3. The quantitative estimate of drug-likeness (QED) is 0.837. The van der Waals surface area contributed by atoms with Crippen LogP contribution >= 0.6 is 0 Å². The number of carbonyl (C=O) groups excluding carboxylic acids is 3. The molecule has 2 aliphatic heterocycles. The number of amides is 3. The van der Waals surface area contributed by atoms with Gasteiger partial charge in [-0.1, -0.05) is 18.2 Å². The highest BCUT2D eigenvalue weighted by atomic mass is 16.2. The van der Waals surface area contributed by atoms with Gasteiger partial charge in [0.15, 0.2) is 0 Å². The highest BCUT2D eigenvalue weighted by Crippen LogP contribution is 2.26. The third-order valence-corrected chi connectivity index (χ3v) is 4.82. The molecule has 1 atom stereocenters. The summed E-state index contributed by atoms with van der Waals surface area (Å²) in [5.74, 6) is -0.613. The van der Waals surface area contributed by atoms with Crippen LogP contribution in [-0.2, 0) is 14.4 Å². The zero-order valence-corrected chi connectivity index (χ0v) is 14.3. The molecule has 0 saturated carbocycles. The Hall–Kier alpha value is -2.41. The Balaban J connectivity index is 1.60. The Morgan fingerprint density at radius 2 is 1.84 bits per heavy atom. The van der Waals surface area contributed by atoms with E-state index < -0.39 is 0 Å². The zero-order valence-electron chi connectivity index (χ0n) is 14.3. The lowest BCUT2D eigenvalue weighted by atomic mass is 10.1. The zero-order chi connectivity index (χ0) is 17.8. The number of nitrogens with two attached hydrogens (primary N) is 1. The SMILES string of the molecule is NC(=O)CN1CCCN(C(=O)[C@H]2CC(=O)N(c3ccccc3)C2)CC1. The summed E-state index contributed by atoms with van der Waals surface area (Å²) in [6, 6.07) is 9.46. The van der Waals surface area contributed by atoms with Crippen LogP contribution in [0.15, 0.2) is 30.3 Å². The van der Waals surface area contributed by atoms with Crippen LogP contribution in [0.25, 0.3) is 0 Å². The van der Waals surface area contributed by atoms with E-state index in [1.54, 1.807) is 4.90 Å². The molecule has 134 valence electrons. The molecule has 0 spiro atoms. The third kappa shape index (κ3) is 4.17. The van der Waals surface area contributed by atoms with Gasteiger partial charge in [0.2, 0.25) is 17.7 Å². The lowest BCUT2D eigenvalue weighted by Gasteiger charge is -2.24. The predicted octanol–water partition coefficient (Wildman–Crippen LogP) is 0.0591. The van der Waals surface area contributed by atoms with Gasteiger partial charge in [0.05, 0.1) is 12.5 Å². The van der Waals surface area contributed by atoms with E-state index in [-0.39, 0.29) is 36.6 Å². The predicted molar refractivity (Wildman–Crippen MR) is 93.7 cm³/mol. The van der Waals surface area contributed by atoms with E-state index in [1.807, 2.05) is 40.1 Å². The van der Waals surface area contributed by atoms with E-state index >= 15 is 0 Å². The lowest BCUT2D eigenvalue weighted by Crippen LogP contribution is -2.41. The molecule has 2 fully saturated rings. The topological polar surface area (TPSA) is 87.0 Å². The van der Waals surface area contributed by atoms with Gasteiger partial charge in [0, 0.05) is 44.8 Å². The molecule has 0 radical (unpaired) electrons. The molecular weight excluding hydrogens is 320 g/mol. The molecule has 2 heterocycles. The largest absolute Gasteiger partial charge is 0.369 e. The van der Waals surface area contributed by atoms with Crippen LogP contribution < -0.4 is 10.6 Å². The number of rotatable bonds is 4. The highest BCUT2D eigenvalue weighted by Gasteiger charge is 2.37. The van der Waals surface area contributed by atoms with Gasteiger partial charge in [-0.25, -0.2) is 0 Å². The van der Waals surface area contributed by atoms with Crippen LogP contribution in [0.2, 0.25) is 0 Å². The first-order chi connectivity index (χ1) is 12.0. The van der Waals surface area contributed by atoms with E-state index in [2.05, 4.69) is 0 Å². The molecule has 25 heavy (non-hydrogen) atoms. The number of carbonyl (C=O) groups is 3. The lowest BCUT2D eigenvalue weighted by molar-refractivity contribution is -0.135. The second-order valence-electron chi connectivity index (χ2n) is 6.66. The van der Waals surface area contributed by atoms with E-state index in [0.717, 1.165) is 18.7 Å². The number of hydrogen-bond donors (Lipinski definition) is 1. The normalized spacial score (nSPS) is 22.1. The molecule has 7 heteroatoms. The van der Waals surface area contributed by atoms with Crippen LogP contribution in [0, 0.1) is 5.92 Å². The Morgan fingerprint density at radius 3 is 2.56 bits per heavy atom. The van der Waals surface area contributed by atoms with Crippen molar-refractivity contribution in [2.75, 3.05) is 44.2 Å². The Bertz CT molecular complexity index is 649. The summed E-state index contributed by atoms with van der Waals surface area (Å²) in [4.78, 5) is 41.7. The van der Waals surface area contributed by atoms with Crippen molar-refractivity contribution in [3.63, 3.8) is 0 Å². The number of para-hydroxylation sites is 1. The Morgan fingerprint density at radius 1 is 1.08 bits per heavy atom. The Labute approximate surface area is 147 Å². The van der Waals surface area contributed by atoms with Crippen molar-refractivity contribution >= 4 is 23.4 Å². The monoisotopic (exact) mass is 344 g/mol. The standard InChI is InChI=1S/C18H24N4O3/c19-16(23)13-20-7-4-8-21(10-9-20)18(25)14-11-17(24)22(12-14)15-5-2-1-3-6-15/h1-3,5-6,14H,4,7-13H2,(H2,19,23)/t14-/m0/s1. The molecule has 1 aromatic rings. The number of benzene rings is 1. The molecule has 2 saturated heterocycles. The first kappa shape index (κ1) is 17.4. The summed E-state index contributed by atoms with van der Waals surface area (Å²) in [5.41, 5.74) is 6.09. The van der Waals surface area contributed by atoms with Crippen LogP contribution in [0.5, 0.6) is 0 Å². The van der Waals surface area contributed by atoms with Gasteiger partial charge in [0.25, 0.3) is 0 Å². The number of primary amides is 1. The summed E-state index contributed by atoms with van der Waals surface area (Å²) in [7, 11) is 0. The van der Waals surface area contributed by atoms with E-state index in [4.69, 9.17) is 5.73 Å². The maximum absolute atomic E-state index is 12.8. The molecule has 7 nitrogen and oxygen atoms in total. The van der Waals surface area contributed by atoms with Crippen molar-refractivity contribution in [2.45, 2.75) is 12.8 Å². The molecule has 0 aliphatic carbocycles.